The lowest BCUT2D eigenvalue weighted by Crippen LogP contribution is -2.05. The van der Waals surface area contributed by atoms with Gasteiger partial charge in [0.2, 0.25) is 0 Å². The summed E-state index contributed by atoms with van der Waals surface area (Å²) in [6.45, 7) is 4.93. The quantitative estimate of drug-likeness (QED) is 0.792. The third-order valence-corrected chi connectivity index (χ3v) is 3.39. The number of benzene rings is 1. The normalized spacial score (nSPS) is 11.2. The van der Waals surface area contributed by atoms with E-state index in [-0.39, 0.29) is 0 Å². The summed E-state index contributed by atoms with van der Waals surface area (Å²) < 4.78 is 1.92. The van der Waals surface area contributed by atoms with E-state index in [0.717, 1.165) is 29.0 Å². The van der Waals surface area contributed by atoms with Crippen LogP contribution in [0.1, 0.15) is 16.8 Å². The van der Waals surface area contributed by atoms with Crippen LogP contribution in [0.3, 0.4) is 0 Å². The highest BCUT2D eigenvalue weighted by Gasteiger charge is 2.11. The lowest BCUT2D eigenvalue weighted by Gasteiger charge is -2.04. The fraction of sp³-hybridized carbons (Fsp3) is 0.250. The maximum atomic E-state index is 4.64. The van der Waals surface area contributed by atoms with Crippen molar-refractivity contribution in [2.24, 2.45) is 0 Å². The van der Waals surface area contributed by atoms with Crippen LogP contribution < -0.4 is 5.32 Å². The Morgan fingerprint density at radius 1 is 1.20 bits per heavy atom. The Bertz CT molecular complexity index is 758. The summed E-state index contributed by atoms with van der Waals surface area (Å²) in [5.41, 5.74) is 5.36. The molecule has 2 aromatic heterocycles. The topological polar surface area (TPSA) is 42.7 Å². The van der Waals surface area contributed by atoms with E-state index in [2.05, 4.69) is 46.6 Å². The Balaban J connectivity index is 2.18. The van der Waals surface area contributed by atoms with E-state index in [0.29, 0.717) is 0 Å². The molecule has 0 saturated heterocycles. The highest BCUT2D eigenvalue weighted by atomic mass is 15.3. The average molecular weight is 266 g/mol. The minimum atomic E-state index is 0.817. The zero-order valence-electron chi connectivity index (χ0n) is 12.0. The third-order valence-electron chi connectivity index (χ3n) is 3.39. The van der Waals surface area contributed by atoms with E-state index in [9.17, 15) is 0 Å². The molecule has 102 valence electrons. The SMILES string of the molecule is CNCc1cnc2c(c1)c(C)nn2-c1cccc(C)c1. The fourth-order valence-electron chi connectivity index (χ4n) is 2.43. The first-order valence-electron chi connectivity index (χ1n) is 6.75. The first kappa shape index (κ1) is 12.8. The van der Waals surface area contributed by atoms with Gasteiger partial charge >= 0.3 is 0 Å². The van der Waals surface area contributed by atoms with Crippen molar-refractivity contribution < 1.29 is 0 Å². The average Bonchev–Trinajstić information content (AvgIpc) is 2.77. The number of nitrogens with one attached hydrogen (secondary N) is 1. The van der Waals surface area contributed by atoms with Gasteiger partial charge in [0, 0.05) is 18.1 Å². The number of hydrogen-bond donors (Lipinski definition) is 1. The van der Waals surface area contributed by atoms with Crippen LogP contribution in [0.2, 0.25) is 0 Å². The van der Waals surface area contributed by atoms with Gasteiger partial charge in [-0.1, -0.05) is 12.1 Å². The molecular formula is C16H18N4. The third kappa shape index (κ3) is 2.18. The summed E-state index contributed by atoms with van der Waals surface area (Å²) in [5, 5.41) is 8.89. The van der Waals surface area contributed by atoms with Crippen LogP contribution in [0.25, 0.3) is 16.7 Å². The highest BCUT2D eigenvalue weighted by molar-refractivity contribution is 5.80. The van der Waals surface area contributed by atoms with Crippen molar-refractivity contribution in [3.05, 3.63) is 53.3 Å². The van der Waals surface area contributed by atoms with E-state index in [4.69, 9.17) is 0 Å². The zero-order valence-corrected chi connectivity index (χ0v) is 12.0. The largest absolute Gasteiger partial charge is 0.316 e. The van der Waals surface area contributed by atoms with Crippen molar-refractivity contribution in [1.82, 2.24) is 20.1 Å². The minimum Gasteiger partial charge on any atom is -0.316 e. The molecule has 4 heteroatoms. The molecule has 0 aliphatic carbocycles. The first-order chi connectivity index (χ1) is 9.69. The lowest BCUT2D eigenvalue weighted by molar-refractivity contribution is 0.814. The number of fused-ring (bicyclic) bond motifs is 1. The van der Waals surface area contributed by atoms with Crippen molar-refractivity contribution in [3.8, 4) is 5.69 Å². The lowest BCUT2D eigenvalue weighted by atomic mass is 10.2. The monoisotopic (exact) mass is 266 g/mol. The second kappa shape index (κ2) is 5.06. The van der Waals surface area contributed by atoms with Crippen molar-refractivity contribution in [3.63, 3.8) is 0 Å². The van der Waals surface area contributed by atoms with Crippen molar-refractivity contribution in [2.45, 2.75) is 20.4 Å². The predicted octanol–water partition coefficient (Wildman–Crippen LogP) is 2.76. The number of aromatic nitrogens is 3. The number of nitrogens with zero attached hydrogens (tertiary/aromatic N) is 3. The van der Waals surface area contributed by atoms with Crippen molar-refractivity contribution in [1.29, 1.82) is 0 Å². The highest BCUT2D eigenvalue weighted by Crippen LogP contribution is 2.21. The Morgan fingerprint density at radius 2 is 2.05 bits per heavy atom. The zero-order chi connectivity index (χ0) is 14.1. The summed E-state index contributed by atoms with van der Waals surface area (Å²) in [6, 6.07) is 10.5. The molecule has 1 N–H and O–H groups in total. The van der Waals surface area contributed by atoms with Gasteiger partial charge in [-0.25, -0.2) is 9.67 Å². The summed E-state index contributed by atoms with van der Waals surface area (Å²) in [6.07, 6.45) is 1.91. The van der Waals surface area contributed by atoms with Gasteiger partial charge in [-0.05, 0) is 50.2 Å². The molecule has 0 fully saturated rings. The van der Waals surface area contributed by atoms with E-state index >= 15 is 0 Å². The predicted molar refractivity (Wildman–Crippen MR) is 81.1 cm³/mol. The second-order valence-corrected chi connectivity index (χ2v) is 5.08. The first-order valence-corrected chi connectivity index (χ1v) is 6.75. The molecule has 0 radical (unpaired) electrons. The van der Waals surface area contributed by atoms with Crippen LogP contribution in [0.15, 0.2) is 36.5 Å². The number of aryl methyl sites for hydroxylation is 2. The molecule has 3 aromatic rings. The van der Waals surface area contributed by atoms with Crippen LogP contribution in [0, 0.1) is 13.8 Å². The molecule has 0 spiro atoms. The Hall–Kier alpha value is -2.20. The summed E-state index contributed by atoms with van der Waals surface area (Å²) in [5.74, 6) is 0. The van der Waals surface area contributed by atoms with E-state index in [1.54, 1.807) is 0 Å². The van der Waals surface area contributed by atoms with Gasteiger partial charge in [0.05, 0.1) is 11.4 Å². The number of pyridine rings is 1. The van der Waals surface area contributed by atoms with Crippen LogP contribution in [0.4, 0.5) is 0 Å². The Kier molecular flexibility index (Phi) is 3.24. The maximum absolute atomic E-state index is 4.64. The van der Waals surface area contributed by atoms with Gasteiger partial charge in [-0.2, -0.15) is 5.10 Å². The summed E-state index contributed by atoms with van der Waals surface area (Å²) in [4.78, 5) is 4.59. The molecule has 4 nitrogen and oxygen atoms in total. The minimum absolute atomic E-state index is 0.817. The van der Waals surface area contributed by atoms with Crippen LogP contribution in [0.5, 0.6) is 0 Å². The van der Waals surface area contributed by atoms with Crippen LogP contribution in [-0.2, 0) is 6.54 Å². The molecular weight excluding hydrogens is 248 g/mol. The smallest absolute Gasteiger partial charge is 0.163 e. The molecule has 20 heavy (non-hydrogen) atoms. The molecule has 1 aromatic carbocycles. The molecule has 0 bridgehead atoms. The molecule has 3 rings (SSSR count). The Morgan fingerprint density at radius 3 is 2.80 bits per heavy atom. The van der Waals surface area contributed by atoms with E-state index in [1.165, 1.54) is 11.1 Å². The molecule has 2 heterocycles. The summed E-state index contributed by atoms with van der Waals surface area (Å²) >= 11 is 0. The fourth-order valence-corrected chi connectivity index (χ4v) is 2.43. The number of rotatable bonds is 3. The van der Waals surface area contributed by atoms with Gasteiger partial charge in [-0.15, -0.1) is 0 Å². The van der Waals surface area contributed by atoms with Gasteiger partial charge in [0.1, 0.15) is 0 Å². The number of hydrogen-bond acceptors (Lipinski definition) is 3. The molecule has 0 aliphatic heterocycles. The summed E-state index contributed by atoms with van der Waals surface area (Å²) in [7, 11) is 1.94. The van der Waals surface area contributed by atoms with E-state index in [1.807, 2.05) is 30.9 Å². The van der Waals surface area contributed by atoms with Gasteiger partial charge in [-0.3, -0.25) is 0 Å². The second-order valence-electron chi connectivity index (χ2n) is 5.08. The van der Waals surface area contributed by atoms with Crippen molar-refractivity contribution in [2.75, 3.05) is 7.05 Å². The van der Waals surface area contributed by atoms with Crippen molar-refractivity contribution >= 4 is 11.0 Å². The maximum Gasteiger partial charge on any atom is 0.163 e. The standard InChI is InChI=1S/C16H18N4/c1-11-5-4-6-14(7-11)20-16-15(12(2)19-20)8-13(9-17-3)10-18-16/h4-8,10,17H,9H2,1-3H3. The molecule has 0 saturated carbocycles. The molecule has 0 unspecified atom stereocenters. The molecule has 0 atom stereocenters. The van der Waals surface area contributed by atoms with Gasteiger partial charge in [0.25, 0.3) is 0 Å². The van der Waals surface area contributed by atoms with E-state index < -0.39 is 0 Å². The molecule has 0 amide bonds. The molecule has 0 aliphatic rings. The van der Waals surface area contributed by atoms with Gasteiger partial charge < -0.3 is 5.32 Å². The van der Waals surface area contributed by atoms with Crippen LogP contribution in [-0.4, -0.2) is 21.8 Å². The Labute approximate surface area is 118 Å². The van der Waals surface area contributed by atoms with Crippen LogP contribution >= 0.6 is 0 Å². The van der Waals surface area contributed by atoms with Gasteiger partial charge in [0.15, 0.2) is 5.65 Å².